The van der Waals surface area contributed by atoms with Crippen LogP contribution in [0.1, 0.15) is 45.4 Å². The quantitative estimate of drug-likeness (QED) is 0.686. The minimum atomic E-state index is -0.516. The van der Waals surface area contributed by atoms with E-state index in [1.54, 1.807) is 18.9 Å². The number of amides is 2. The number of benzene rings is 1. The average molecular weight is 403 g/mol. The monoisotopic (exact) mass is 402 g/mol. The summed E-state index contributed by atoms with van der Waals surface area (Å²) in [6.07, 6.45) is 7.38. The number of rotatable bonds is 7. The predicted molar refractivity (Wildman–Crippen MR) is 110 cm³/mol. The molecule has 1 aromatic rings. The molecule has 0 aliphatic heterocycles. The van der Waals surface area contributed by atoms with Gasteiger partial charge in [0.25, 0.3) is 0 Å². The van der Waals surface area contributed by atoms with Crippen molar-refractivity contribution in [2.75, 3.05) is 12.9 Å². The van der Waals surface area contributed by atoms with E-state index in [0.717, 1.165) is 47.7 Å². The Morgan fingerprint density at radius 1 is 1.11 bits per heavy atom. The van der Waals surface area contributed by atoms with Crippen molar-refractivity contribution in [3.63, 3.8) is 0 Å². The third kappa shape index (κ3) is 4.32. The highest BCUT2D eigenvalue weighted by molar-refractivity contribution is 7.99. The normalized spacial score (nSPS) is 31.3. The number of nitrogens with one attached hydrogen (secondary N) is 2. The highest BCUT2D eigenvalue weighted by Gasteiger charge is 2.51. The summed E-state index contributed by atoms with van der Waals surface area (Å²) in [5.74, 6) is 3.46. The van der Waals surface area contributed by atoms with Crippen molar-refractivity contribution in [2.24, 2.45) is 17.8 Å². The van der Waals surface area contributed by atoms with Crippen LogP contribution in [-0.2, 0) is 9.59 Å². The Morgan fingerprint density at radius 2 is 1.68 bits per heavy atom. The number of hydrogen-bond donors (Lipinski definition) is 2. The summed E-state index contributed by atoms with van der Waals surface area (Å²) in [6, 6.07) is 7.25. The predicted octanol–water partition coefficient (Wildman–Crippen LogP) is 3.38. The summed E-state index contributed by atoms with van der Waals surface area (Å²) < 4.78 is 5.19. The Balaban J connectivity index is 1.40. The number of ether oxygens (including phenoxy) is 1. The number of methoxy groups -OCH3 is 1. The Labute approximate surface area is 171 Å². The topological polar surface area (TPSA) is 67.4 Å². The molecule has 28 heavy (non-hydrogen) atoms. The minimum absolute atomic E-state index is 0.0295. The van der Waals surface area contributed by atoms with Gasteiger partial charge in [-0.3, -0.25) is 9.59 Å². The first-order valence-electron chi connectivity index (χ1n) is 10.3. The number of hydrogen-bond acceptors (Lipinski definition) is 4. The molecule has 2 amide bonds. The summed E-state index contributed by atoms with van der Waals surface area (Å²) in [5, 5.41) is 6.26. The molecule has 0 radical (unpaired) electrons. The van der Waals surface area contributed by atoms with Gasteiger partial charge in [0, 0.05) is 23.1 Å². The smallest absolute Gasteiger partial charge is 0.243 e. The van der Waals surface area contributed by atoms with Crippen LogP contribution in [0.5, 0.6) is 5.75 Å². The van der Waals surface area contributed by atoms with Crippen LogP contribution in [0.4, 0.5) is 0 Å². The van der Waals surface area contributed by atoms with Gasteiger partial charge in [-0.05, 0) is 80.5 Å². The van der Waals surface area contributed by atoms with Crippen molar-refractivity contribution in [1.29, 1.82) is 0 Å². The van der Waals surface area contributed by atoms with Crippen LogP contribution in [0.3, 0.4) is 0 Å². The van der Waals surface area contributed by atoms with Crippen LogP contribution < -0.4 is 15.4 Å². The Bertz CT molecular complexity index is 699. The molecule has 1 atom stereocenters. The molecule has 2 N–H and O–H groups in total. The van der Waals surface area contributed by atoms with Crippen molar-refractivity contribution >= 4 is 23.6 Å². The molecular formula is C22H30N2O3S. The standard InChI is InChI=1S/C22H30N2O3S/c1-14(25)23-20(13-28-19-5-3-18(27-2)4-6-19)21(26)24-22-10-15-7-16(11-22)9-17(8-15)12-22/h3-6,15-17,20H,7-13H2,1-2H3,(H,23,25)(H,24,26). The van der Waals surface area contributed by atoms with E-state index in [4.69, 9.17) is 4.74 Å². The Kier molecular flexibility index (Phi) is 5.59. The lowest BCUT2D eigenvalue weighted by Gasteiger charge is -2.57. The highest BCUT2D eigenvalue weighted by Crippen LogP contribution is 2.55. The van der Waals surface area contributed by atoms with Crippen LogP contribution in [0.2, 0.25) is 0 Å². The zero-order valence-electron chi connectivity index (χ0n) is 16.7. The maximum Gasteiger partial charge on any atom is 0.243 e. The first-order valence-corrected chi connectivity index (χ1v) is 11.3. The van der Waals surface area contributed by atoms with Crippen molar-refractivity contribution in [3.8, 4) is 5.75 Å². The summed E-state index contributed by atoms with van der Waals surface area (Å²) in [4.78, 5) is 25.9. The lowest BCUT2D eigenvalue weighted by atomic mass is 9.53. The van der Waals surface area contributed by atoms with E-state index in [1.165, 1.54) is 26.2 Å². The van der Waals surface area contributed by atoms with Crippen LogP contribution in [-0.4, -0.2) is 36.3 Å². The summed E-state index contributed by atoms with van der Waals surface area (Å²) in [5.41, 5.74) is -0.0344. The molecule has 6 heteroatoms. The molecule has 0 aromatic heterocycles. The lowest BCUT2D eigenvalue weighted by Crippen LogP contribution is -2.63. The second kappa shape index (κ2) is 7.97. The molecule has 0 heterocycles. The molecule has 4 fully saturated rings. The summed E-state index contributed by atoms with van der Waals surface area (Å²) in [6.45, 7) is 1.48. The van der Waals surface area contributed by atoms with Gasteiger partial charge in [-0.25, -0.2) is 0 Å². The molecule has 1 aromatic carbocycles. The van der Waals surface area contributed by atoms with Crippen molar-refractivity contribution in [2.45, 2.75) is 61.9 Å². The molecule has 5 nitrogen and oxygen atoms in total. The van der Waals surface area contributed by atoms with Gasteiger partial charge >= 0.3 is 0 Å². The summed E-state index contributed by atoms with van der Waals surface area (Å²) in [7, 11) is 1.64. The van der Waals surface area contributed by atoms with Gasteiger partial charge in [-0.2, -0.15) is 0 Å². The molecule has 4 aliphatic carbocycles. The fraction of sp³-hybridized carbons (Fsp3) is 0.636. The lowest BCUT2D eigenvalue weighted by molar-refractivity contribution is -0.131. The molecule has 4 bridgehead atoms. The van der Waals surface area contributed by atoms with Crippen LogP contribution in [0.15, 0.2) is 29.2 Å². The molecule has 4 aliphatic rings. The zero-order valence-corrected chi connectivity index (χ0v) is 17.5. The molecule has 4 saturated carbocycles. The van der Waals surface area contributed by atoms with Gasteiger partial charge in [0.15, 0.2) is 0 Å². The Hall–Kier alpha value is -1.69. The van der Waals surface area contributed by atoms with Gasteiger partial charge < -0.3 is 15.4 Å². The third-order valence-electron chi connectivity index (χ3n) is 6.60. The van der Waals surface area contributed by atoms with Crippen molar-refractivity contribution in [3.05, 3.63) is 24.3 Å². The Morgan fingerprint density at radius 3 is 2.18 bits per heavy atom. The molecular weight excluding hydrogens is 372 g/mol. The summed E-state index contributed by atoms with van der Waals surface area (Å²) >= 11 is 1.58. The first-order chi connectivity index (χ1) is 13.4. The van der Waals surface area contributed by atoms with Crippen molar-refractivity contribution in [1.82, 2.24) is 10.6 Å². The fourth-order valence-electron chi connectivity index (χ4n) is 5.89. The van der Waals surface area contributed by atoms with E-state index < -0.39 is 6.04 Å². The van der Waals surface area contributed by atoms with Gasteiger partial charge in [-0.15, -0.1) is 11.8 Å². The van der Waals surface area contributed by atoms with Crippen LogP contribution in [0, 0.1) is 17.8 Å². The number of carbonyl (C=O) groups excluding carboxylic acids is 2. The van der Waals surface area contributed by atoms with E-state index in [-0.39, 0.29) is 17.4 Å². The second-order valence-corrected chi connectivity index (χ2v) is 10.0. The molecule has 1 unspecified atom stereocenters. The van der Waals surface area contributed by atoms with Crippen molar-refractivity contribution < 1.29 is 14.3 Å². The van der Waals surface area contributed by atoms with Gasteiger partial charge in [0.2, 0.25) is 11.8 Å². The minimum Gasteiger partial charge on any atom is -0.497 e. The number of thioether (sulfide) groups is 1. The SMILES string of the molecule is COc1ccc(SCC(NC(C)=O)C(=O)NC23CC4CC(CC(C4)C2)C3)cc1. The molecule has 0 saturated heterocycles. The first kappa shape index (κ1) is 19.6. The molecule has 152 valence electrons. The van der Waals surface area contributed by atoms with Gasteiger partial charge in [-0.1, -0.05) is 0 Å². The maximum atomic E-state index is 13.1. The highest BCUT2D eigenvalue weighted by atomic mass is 32.2. The molecule has 5 rings (SSSR count). The van der Waals surface area contributed by atoms with E-state index in [9.17, 15) is 9.59 Å². The van der Waals surface area contributed by atoms with E-state index in [2.05, 4.69) is 10.6 Å². The largest absolute Gasteiger partial charge is 0.497 e. The van der Waals surface area contributed by atoms with Crippen LogP contribution >= 0.6 is 11.8 Å². The zero-order chi connectivity index (χ0) is 19.7. The van der Waals surface area contributed by atoms with Crippen LogP contribution in [0.25, 0.3) is 0 Å². The van der Waals surface area contributed by atoms with E-state index in [1.807, 2.05) is 24.3 Å². The molecule has 0 spiro atoms. The van der Waals surface area contributed by atoms with E-state index >= 15 is 0 Å². The van der Waals surface area contributed by atoms with Gasteiger partial charge in [0.05, 0.1) is 7.11 Å². The average Bonchev–Trinajstić information content (AvgIpc) is 2.63. The number of carbonyl (C=O) groups is 2. The fourth-order valence-corrected chi connectivity index (χ4v) is 6.81. The maximum absolute atomic E-state index is 13.1. The van der Waals surface area contributed by atoms with Gasteiger partial charge in [0.1, 0.15) is 11.8 Å². The second-order valence-electron chi connectivity index (χ2n) is 8.93. The van der Waals surface area contributed by atoms with E-state index in [0.29, 0.717) is 5.75 Å². The third-order valence-corrected chi connectivity index (χ3v) is 7.70.